The summed E-state index contributed by atoms with van der Waals surface area (Å²) in [6, 6.07) is 13.2. The zero-order chi connectivity index (χ0) is 17.4. The van der Waals surface area contributed by atoms with Crippen LogP contribution in [-0.4, -0.2) is 39.4 Å². The first-order valence-electron chi connectivity index (χ1n) is 7.27. The number of ether oxygens (including phenoxy) is 4. The van der Waals surface area contributed by atoms with Crippen LogP contribution in [0.15, 0.2) is 48.5 Å². The van der Waals surface area contributed by atoms with Crippen molar-refractivity contribution in [2.45, 2.75) is 0 Å². The molecule has 0 amide bonds. The summed E-state index contributed by atoms with van der Waals surface area (Å²) in [7, 11) is 2.80. The van der Waals surface area contributed by atoms with E-state index in [0.717, 1.165) is 0 Å². The second-order valence-electron chi connectivity index (χ2n) is 4.72. The molecule has 0 saturated heterocycles. The van der Waals surface area contributed by atoms with Gasteiger partial charge in [0, 0.05) is 7.11 Å². The van der Waals surface area contributed by atoms with Gasteiger partial charge in [0.05, 0.1) is 19.3 Å². The number of hydrogen-bond donors (Lipinski definition) is 0. The zero-order valence-corrected chi connectivity index (χ0v) is 13.5. The Bertz CT molecular complexity index is 696. The number of benzene rings is 2. The van der Waals surface area contributed by atoms with Crippen LogP contribution in [0.2, 0.25) is 0 Å². The monoisotopic (exact) mass is 330 g/mol. The number of methoxy groups -OCH3 is 2. The summed E-state index contributed by atoms with van der Waals surface area (Å²) >= 11 is 0. The van der Waals surface area contributed by atoms with Crippen molar-refractivity contribution in [2.24, 2.45) is 0 Å². The van der Waals surface area contributed by atoms with E-state index in [9.17, 15) is 9.59 Å². The summed E-state index contributed by atoms with van der Waals surface area (Å²) in [4.78, 5) is 24.1. The van der Waals surface area contributed by atoms with Crippen LogP contribution in [0.25, 0.3) is 0 Å². The predicted molar refractivity (Wildman–Crippen MR) is 86.6 cm³/mol. The normalized spacial score (nSPS) is 10.1. The summed E-state index contributed by atoms with van der Waals surface area (Å²) < 4.78 is 20.6. The Balaban J connectivity index is 2.30. The molecule has 126 valence electrons. The summed E-state index contributed by atoms with van der Waals surface area (Å²) in [5.41, 5.74) is 0.566. The van der Waals surface area contributed by atoms with Gasteiger partial charge in [0.1, 0.15) is 12.2 Å². The van der Waals surface area contributed by atoms with Crippen LogP contribution in [0.4, 0.5) is 0 Å². The molecule has 6 heteroatoms. The Labute approximate surface area is 139 Å². The van der Waals surface area contributed by atoms with Crippen molar-refractivity contribution in [3.8, 4) is 11.5 Å². The molecule has 0 atom stereocenters. The largest absolute Gasteiger partial charge is 0.486 e. The van der Waals surface area contributed by atoms with Gasteiger partial charge in [-0.1, -0.05) is 24.3 Å². The van der Waals surface area contributed by atoms with Gasteiger partial charge in [-0.3, -0.25) is 0 Å². The van der Waals surface area contributed by atoms with Gasteiger partial charge in [0.25, 0.3) is 0 Å². The predicted octanol–water partition coefficient (Wildman–Crippen LogP) is 2.72. The molecule has 0 heterocycles. The van der Waals surface area contributed by atoms with Gasteiger partial charge in [0.15, 0.2) is 11.5 Å². The van der Waals surface area contributed by atoms with E-state index in [1.807, 2.05) is 0 Å². The topological polar surface area (TPSA) is 71.1 Å². The Kier molecular flexibility index (Phi) is 6.33. The van der Waals surface area contributed by atoms with Crippen molar-refractivity contribution in [3.63, 3.8) is 0 Å². The summed E-state index contributed by atoms with van der Waals surface area (Å²) in [5, 5.41) is 0. The number of hydrogen-bond acceptors (Lipinski definition) is 6. The van der Waals surface area contributed by atoms with E-state index in [4.69, 9.17) is 18.9 Å². The van der Waals surface area contributed by atoms with Crippen molar-refractivity contribution in [1.82, 2.24) is 0 Å². The Morgan fingerprint density at radius 2 is 1.62 bits per heavy atom. The molecule has 0 aliphatic heterocycles. The number of carbonyl (C=O) groups is 2. The van der Waals surface area contributed by atoms with E-state index >= 15 is 0 Å². The quantitative estimate of drug-likeness (QED) is 0.442. The molecular weight excluding hydrogens is 312 g/mol. The van der Waals surface area contributed by atoms with Crippen molar-refractivity contribution in [3.05, 3.63) is 59.7 Å². The second kappa shape index (κ2) is 8.69. The van der Waals surface area contributed by atoms with Crippen LogP contribution in [-0.2, 0) is 9.47 Å². The molecule has 0 spiro atoms. The highest BCUT2D eigenvalue weighted by atomic mass is 16.6. The lowest BCUT2D eigenvalue weighted by molar-refractivity contribution is 0.0587. The van der Waals surface area contributed by atoms with E-state index in [1.54, 1.807) is 42.5 Å². The van der Waals surface area contributed by atoms with E-state index < -0.39 is 11.9 Å². The van der Waals surface area contributed by atoms with Crippen LogP contribution >= 0.6 is 0 Å². The highest BCUT2D eigenvalue weighted by Gasteiger charge is 2.20. The lowest BCUT2D eigenvalue weighted by Crippen LogP contribution is -2.14. The van der Waals surface area contributed by atoms with Crippen molar-refractivity contribution in [2.75, 3.05) is 27.4 Å². The molecule has 0 aliphatic carbocycles. The highest BCUT2D eigenvalue weighted by molar-refractivity contribution is 5.95. The third kappa shape index (κ3) is 4.33. The first kappa shape index (κ1) is 17.5. The van der Waals surface area contributed by atoms with Gasteiger partial charge in [-0.2, -0.15) is 0 Å². The standard InChI is InChI=1S/C18H18O6/c1-21-11-12-23-16-14(18(20)22-2)9-6-10-15(16)24-17(19)13-7-4-3-5-8-13/h3-10H,11-12H2,1-2H3. The molecule has 0 aliphatic rings. The van der Waals surface area contributed by atoms with Crippen molar-refractivity contribution >= 4 is 11.9 Å². The molecule has 6 nitrogen and oxygen atoms in total. The van der Waals surface area contributed by atoms with Crippen molar-refractivity contribution in [1.29, 1.82) is 0 Å². The minimum atomic E-state index is -0.583. The van der Waals surface area contributed by atoms with E-state index in [-0.39, 0.29) is 23.7 Å². The molecule has 2 rings (SSSR count). The van der Waals surface area contributed by atoms with Crippen LogP contribution < -0.4 is 9.47 Å². The van der Waals surface area contributed by atoms with Crippen LogP contribution in [0.1, 0.15) is 20.7 Å². The number of esters is 2. The van der Waals surface area contributed by atoms with Crippen LogP contribution in [0.3, 0.4) is 0 Å². The second-order valence-corrected chi connectivity index (χ2v) is 4.72. The average Bonchev–Trinajstić information content (AvgIpc) is 2.63. The lowest BCUT2D eigenvalue weighted by atomic mass is 10.2. The Morgan fingerprint density at radius 3 is 2.29 bits per heavy atom. The van der Waals surface area contributed by atoms with E-state index in [0.29, 0.717) is 12.2 Å². The molecule has 0 N–H and O–H groups in total. The summed E-state index contributed by atoms with van der Waals surface area (Å²) in [5.74, 6) is -0.845. The van der Waals surface area contributed by atoms with Gasteiger partial charge in [0.2, 0.25) is 0 Å². The van der Waals surface area contributed by atoms with Gasteiger partial charge < -0.3 is 18.9 Å². The minimum Gasteiger partial charge on any atom is -0.486 e. The fourth-order valence-corrected chi connectivity index (χ4v) is 1.98. The maximum atomic E-state index is 12.2. The van der Waals surface area contributed by atoms with Crippen LogP contribution in [0.5, 0.6) is 11.5 Å². The first-order valence-corrected chi connectivity index (χ1v) is 7.27. The number of rotatable bonds is 7. The maximum Gasteiger partial charge on any atom is 0.343 e. The SMILES string of the molecule is COCCOc1c(OC(=O)c2ccccc2)cccc1C(=O)OC. The Morgan fingerprint density at radius 1 is 0.875 bits per heavy atom. The smallest absolute Gasteiger partial charge is 0.343 e. The molecule has 2 aromatic carbocycles. The Hall–Kier alpha value is -2.86. The fourth-order valence-electron chi connectivity index (χ4n) is 1.98. The molecule has 0 unspecified atom stereocenters. The molecule has 0 saturated carbocycles. The molecule has 0 radical (unpaired) electrons. The van der Waals surface area contributed by atoms with Gasteiger partial charge >= 0.3 is 11.9 Å². The third-order valence-electron chi connectivity index (χ3n) is 3.13. The summed E-state index contributed by atoms with van der Waals surface area (Å²) in [6.45, 7) is 0.516. The number of para-hydroxylation sites is 1. The molecule has 2 aromatic rings. The minimum absolute atomic E-state index is 0.142. The molecular formula is C18H18O6. The van der Waals surface area contributed by atoms with Gasteiger partial charge in [-0.25, -0.2) is 9.59 Å². The van der Waals surface area contributed by atoms with Crippen LogP contribution in [0, 0.1) is 0 Å². The average molecular weight is 330 g/mol. The first-order chi connectivity index (χ1) is 11.7. The van der Waals surface area contributed by atoms with Crippen molar-refractivity contribution < 1.29 is 28.5 Å². The summed E-state index contributed by atoms with van der Waals surface area (Å²) in [6.07, 6.45) is 0. The highest BCUT2D eigenvalue weighted by Crippen LogP contribution is 2.32. The zero-order valence-electron chi connectivity index (χ0n) is 13.5. The van der Waals surface area contributed by atoms with Gasteiger partial charge in [-0.15, -0.1) is 0 Å². The fraction of sp³-hybridized carbons (Fsp3) is 0.222. The van der Waals surface area contributed by atoms with E-state index in [2.05, 4.69) is 0 Å². The number of carbonyl (C=O) groups excluding carboxylic acids is 2. The van der Waals surface area contributed by atoms with E-state index in [1.165, 1.54) is 20.3 Å². The molecule has 0 bridgehead atoms. The van der Waals surface area contributed by atoms with Gasteiger partial charge in [-0.05, 0) is 24.3 Å². The molecule has 0 fully saturated rings. The maximum absolute atomic E-state index is 12.2. The molecule has 0 aromatic heterocycles. The lowest BCUT2D eigenvalue weighted by Gasteiger charge is -2.14. The third-order valence-corrected chi connectivity index (χ3v) is 3.13. The molecule has 24 heavy (non-hydrogen) atoms.